The van der Waals surface area contributed by atoms with Gasteiger partial charge in [-0.15, -0.1) is 0 Å². The van der Waals surface area contributed by atoms with Gasteiger partial charge in [0.15, 0.2) is 0 Å². The van der Waals surface area contributed by atoms with Crippen molar-refractivity contribution in [3.05, 3.63) is 64.7 Å². The summed E-state index contributed by atoms with van der Waals surface area (Å²) in [6.07, 6.45) is -0.212. The topological polar surface area (TPSA) is 38.8 Å². The van der Waals surface area contributed by atoms with Crippen LogP contribution in [0.3, 0.4) is 0 Å². The fourth-order valence-electron chi connectivity index (χ4n) is 2.75. The molecule has 1 amide bonds. The van der Waals surface area contributed by atoms with Gasteiger partial charge in [0.25, 0.3) is 5.91 Å². The zero-order valence-electron chi connectivity index (χ0n) is 12.9. The molecule has 1 saturated heterocycles. The van der Waals surface area contributed by atoms with Gasteiger partial charge in [-0.1, -0.05) is 41.9 Å². The van der Waals surface area contributed by atoms with Gasteiger partial charge in [0.05, 0.1) is 25.8 Å². The van der Waals surface area contributed by atoms with E-state index in [9.17, 15) is 4.79 Å². The Kier molecular flexibility index (Phi) is 4.84. The fraction of sp³-hybridized carbons (Fsp3) is 0.278. The summed E-state index contributed by atoms with van der Waals surface area (Å²) in [5, 5.41) is 0.657. The molecule has 1 atom stereocenters. The summed E-state index contributed by atoms with van der Waals surface area (Å²) in [4.78, 5) is 14.6. The Labute approximate surface area is 140 Å². The molecule has 2 aromatic rings. The van der Waals surface area contributed by atoms with Crippen LogP contribution in [0.2, 0.25) is 5.02 Å². The lowest BCUT2D eigenvalue weighted by Crippen LogP contribution is -2.42. The number of halogens is 1. The third-order valence-corrected chi connectivity index (χ3v) is 4.29. The van der Waals surface area contributed by atoms with Crippen molar-refractivity contribution in [3.63, 3.8) is 0 Å². The lowest BCUT2D eigenvalue weighted by atomic mass is 10.1. The average molecular weight is 332 g/mol. The lowest BCUT2D eigenvalue weighted by molar-refractivity contribution is -0.0228. The van der Waals surface area contributed by atoms with Crippen LogP contribution in [-0.2, 0) is 4.74 Å². The van der Waals surface area contributed by atoms with Gasteiger partial charge >= 0.3 is 0 Å². The molecule has 1 heterocycles. The molecule has 1 aliphatic heterocycles. The molecular weight excluding hydrogens is 314 g/mol. The summed E-state index contributed by atoms with van der Waals surface area (Å²) >= 11 is 6.25. The summed E-state index contributed by atoms with van der Waals surface area (Å²) in [7, 11) is 1.57. The molecule has 0 aromatic heterocycles. The smallest absolute Gasteiger partial charge is 0.257 e. The van der Waals surface area contributed by atoms with Crippen LogP contribution < -0.4 is 4.74 Å². The number of carbonyl (C=O) groups excluding carboxylic acids is 1. The normalized spacial score (nSPS) is 17.8. The molecule has 5 heteroatoms. The lowest BCUT2D eigenvalue weighted by Gasteiger charge is -2.33. The van der Waals surface area contributed by atoms with Gasteiger partial charge < -0.3 is 14.4 Å². The highest BCUT2D eigenvalue weighted by atomic mass is 35.5. The van der Waals surface area contributed by atoms with Crippen LogP contribution in [0, 0.1) is 0 Å². The molecule has 4 nitrogen and oxygen atoms in total. The number of methoxy groups -OCH3 is 1. The first kappa shape index (κ1) is 15.8. The Bertz CT molecular complexity index is 704. The van der Waals surface area contributed by atoms with Crippen molar-refractivity contribution in [2.45, 2.75) is 6.10 Å². The molecule has 0 saturated carbocycles. The van der Waals surface area contributed by atoms with Crippen molar-refractivity contribution in [2.24, 2.45) is 0 Å². The Morgan fingerprint density at radius 3 is 2.74 bits per heavy atom. The van der Waals surface area contributed by atoms with Crippen molar-refractivity contribution < 1.29 is 14.3 Å². The molecule has 1 unspecified atom stereocenters. The highest BCUT2D eigenvalue weighted by molar-refractivity contribution is 6.31. The maximum atomic E-state index is 12.8. The third-order valence-electron chi connectivity index (χ3n) is 3.94. The zero-order chi connectivity index (χ0) is 16.2. The molecule has 1 aliphatic rings. The summed E-state index contributed by atoms with van der Waals surface area (Å²) in [6, 6.07) is 14.8. The molecule has 0 N–H and O–H groups in total. The largest absolute Gasteiger partial charge is 0.496 e. The van der Waals surface area contributed by atoms with Gasteiger partial charge in [0.1, 0.15) is 11.9 Å². The summed E-state index contributed by atoms with van der Waals surface area (Å²) in [6.45, 7) is 1.51. The van der Waals surface area contributed by atoms with Crippen LogP contribution in [0.5, 0.6) is 5.75 Å². The number of hydrogen-bond acceptors (Lipinski definition) is 3. The molecule has 23 heavy (non-hydrogen) atoms. The second-order valence-electron chi connectivity index (χ2n) is 5.33. The van der Waals surface area contributed by atoms with E-state index in [0.29, 0.717) is 36.0 Å². The quantitative estimate of drug-likeness (QED) is 0.863. The Hall–Kier alpha value is -2.04. The number of hydrogen-bond donors (Lipinski definition) is 0. The molecule has 1 fully saturated rings. The Morgan fingerprint density at radius 1 is 1.22 bits per heavy atom. The van der Waals surface area contributed by atoms with Crippen LogP contribution in [-0.4, -0.2) is 37.6 Å². The predicted molar refractivity (Wildman–Crippen MR) is 89.0 cm³/mol. The van der Waals surface area contributed by atoms with E-state index in [1.807, 2.05) is 36.4 Å². The van der Waals surface area contributed by atoms with E-state index in [2.05, 4.69) is 0 Å². The number of ether oxygens (including phenoxy) is 2. The van der Waals surface area contributed by atoms with E-state index in [1.54, 1.807) is 24.1 Å². The van der Waals surface area contributed by atoms with E-state index in [1.165, 1.54) is 0 Å². The third kappa shape index (κ3) is 3.33. The van der Waals surface area contributed by atoms with Crippen molar-refractivity contribution in [1.82, 2.24) is 4.90 Å². The second-order valence-corrected chi connectivity index (χ2v) is 5.74. The Balaban J connectivity index is 1.81. The summed E-state index contributed by atoms with van der Waals surface area (Å²) < 4.78 is 11.1. The van der Waals surface area contributed by atoms with Crippen LogP contribution in [0.4, 0.5) is 0 Å². The molecular formula is C18H18ClNO3. The fourth-order valence-corrected chi connectivity index (χ4v) is 3.01. The minimum atomic E-state index is -0.212. The van der Waals surface area contributed by atoms with E-state index in [4.69, 9.17) is 21.1 Å². The van der Waals surface area contributed by atoms with Crippen molar-refractivity contribution >= 4 is 17.5 Å². The highest BCUT2D eigenvalue weighted by Crippen LogP contribution is 2.29. The van der Waals surface area contributed by atoms with Crippen molar-refractivity contribution in [3.8, 4) is 5.75 Å². The van der Waals surface area contributed by atoms with Crippen LogP contribution >= 0.6 is 11.6 Å². The number of rotatable bonds is 3. The SMILES string of the molecule is COc1ccccc1C(=O)N1CCOC(c2ccccc2Cl)C1. The highest BCUT2D eigenvalue weighted by Gasteiger charge is 2.28. The van der Waals surface area contributed by atoms with Gasteiger partial charge in [0.2, 0.25) is 0 Å². The van der Waals surface area contributed by atoms with Crippen LogP contribution in [0.15, 0.2) is 48.5 Å². The molecule has 120 valence electrons. The molecule has 0 radical (unpaired) electrons. The maximum absolute atomic E-state index is 12.8. The molecule has 3 rings (SSSR count). The van der Waals surface area contributed by atoms with Crippen molar-refractivity contribution in [1.29, 1.82) is 0 Å². The van der Waals surface area contributed by atoms with E-state index in [-0.39, 0.29) is 12.0 Å². The molecule has 0 aliphatic carbocycles. The van der Waals surface area contributed by atoms with E-state index in [0.717, 1.165) is 5.56 Å². The van der Waals surface area contributed by atoms with Gasteiger partial charge in [-0.25, -0.2) is 0 Å². The first-order chi connectivity index (χ1) is 11.2. The van der Waals surface area contributed by atoms with Gasteiger partial charge in [-0.3, -0.25) is 4.79 Å². The number of nitrogens with zero attached hydrogens (tertiary/aromatic N) is 1. The van der Waals surface area contributed by atoms with E-state index >= 15 is 0 Å². The second kappa shape index (κ2) is 7.02. The maximum Gasteiger partial charge on any atom is 0.257 e. The first-order valence-corrected chi connectivity index (χ1v) is 7.87. The van der Waals surface area contributed by atoms with Crippen LogP contribution in [0.1, 0.15) is 22.0 Å². The molecule has 0 spiro atoms. The van der Waals surface area contributed by atoms with E-state index < -0.39 is 0 Å². The number of para-hydroxylation sites is 1. The standard InChI is InChI=1S/C18H18ClNO3/c1-22-16-9-5-3-7-14(16)18(21)20-10-11-23-17(12-20)13-6-2-4-8-15(13)19/h2-9,17H,10-12H2,1H3. The minimum Gasteiger partial charge on any atom is -0.496 e. The average Bonchev–Trinajstić information content (AvgIpc) is 2.61. The predicted octanol–water partition coefficient (Wildman–Crippen LogP) is 3.56. The number of amides is 1. The zero-order valence-corrected chi connectivity index (χ0v) is 13.6. The van der Waals surface area contributed by atoms with Gasteiger partial charge in [-0.05, 0) is 18.2 Å². The number of morpholine rings is 1. The van der Waals surface area contributed by atoms with Gasteiger partial charge in [0, 0.05) is 17.1 Å². The summed E-state index contributed by atoms with van der Waals surface area (Å²) in [5.41, 5.74) is 1.47. The van der Waals surface area contributed by atoms with Gasteiger partial charge in [-0.2, -0.15) is 0 Å². The minimum absolute atomic E-state index is 0.0530. The van der Waals surface area contributed by atoms with Crippen LogP contribution in [0.25, 0.3) is 0 Å². The number of benzene rings is 2. The number of carbonyl (C=O) groups is 1. The first-order valence-electron chi connectivity index (χ1n) is 7.49. The monoisotopic (exact) mass is 331 g/mol. The summed E-state index contributed by atoms with van der Waals surface area (Å²) in [5.74, 6) is 0.529. The van der Waals surface area contributed by atoms with Crippen molar-refractivity contribution in [2.75, 3.05) is 26.8 Å². The Morgan fingerprint density at radius 2 is 1.96 bits per heavy atom. The molecule has 0 bridgehead atoms. The molecule has 2 aromatic carbocycles.